The Morgan fingerprint density at radius 3 is 2.33 bits per heavy atom. The number of hydrogen-bond acceptors (Lipinski definition) is 8. The first kappa shape index (κ1) is 34.9. The number of nitrogens with zero attached hydrogens (tertiary/aromatic N) is 1. The van der Waals surface area contributed by atoms with Crippen molar-refractivity contribution in [3.8, 4) is 0 Å². The first-order valence-electron chi connectivity index (χ1n) is 16.6. The highest BCUT2D eigenvalue weighted by Gasteiger charge is 2.34. The largest absolute Gasteiger partial charge is 0.392 e. The lowest BCUT2D eigenvalue weighted by atomic mass is 9.99. The normalized spacial score (nSPS) is 20.8. The molecule has 2 aliphatic heterocycles. The Kier molecular flexibility index (Phi) is 11.5. The molecule has 2 saturated heterocycles. The molecule has 0 aliphatic carbocycles. The molecule has 49 heavy (non-hydrogen) atoms. The number of sulfonamides is 1. The molecule has 0 bridgehead atoms. The Hall–Kier alpha value is -3.94. The summed E-state index contributed by atoms with van der Waals surface area (Å²) >= 11 is 0. The van der Waals surface area contributed by atoms with Gasteiger partial charge in [0.25, 0.3) is 0 Å². The van der Waals surface area contributed by atoms with Gasteiger partial charge in [0.2, 0.25) is 15.9 Å². The molecule has 2 aliphatic rings. The van der Waals surface area contributed by atoms with E-state index in [-0.39, 0.29) is 30.1 Å². The van der Waals surface area contributed by atoms with Crippen LogP contribution in [0.25, 0.3) is 0 Å². The van der Waals surface area contributed by atoms with Crippen LogP contribution in [0, 0.1) is 6.92 Å². The number of morpholine rings is 1. The fourth-order valence-corrected chi connectivity index (χ4v) is 7.30. The number of ether oxygens (including phenoxy) is 3. The molecule has 3 N–H and O–H groups in total. The van der Waals surface area contributed by atoms with E-state index in [4.69, 9.17) is 14.2 Å². The number of aliphatic hydroxyl groups is 1. The van der Waals surface area contributed by atoms with E-state index < -0.39 is 28.3 Å². The topological polar surface area (TPSA) is 126 Å². The van der Waals surface area contributed by atoms with Crippen LogP contribution < -0.4 is 10.0 Å². The van der Waals surface area contributed by atoms with Crippen LogP contribution >= 0.6 is 0 Å². The average molecular weight is 686 g/mol. The minimum absolute atomic E-state index is 0.0324. The molecule has 1 amide bonds. The number of amides is 1. The van der Waals surface area contributed by atoms with Crippen molar-refractivity contribution >= 4 is 21.6 Å². The van der Waals surface area contributed by atoms with Gasteiger partial charge in [-0.1, -0.05) is 84.4 Å². The monoisotopic (exact) mass is 685 g/mol. The summed E-state index contributed by atoms with van der Waals surface area (Å²) in [6.45, 7) is 5.62. The van der Waals surface area contributed by atoms with Crippen LogP contribution in [0.15, 0.2) is 108 Å². The molecule has 2 fully saturated rings. The molecule has 2 heterocycles. The molecule has 258 valence electrons. The van der Waals surface area contributed by atoms with Crippen molar-refractivity contribution in [1.29, 1.82) is 0 Å². The van der Waals surface area contributed by atoms with Crippen LogP contribution in [0.1, 0.15) is 46.6 Å². The van der Waals surface area contributed by atoms with Gasteiger partial charge in [0.15, 0.2) is 6.29 Å². The molecule has 4 aromatic carbocycles. The van der Waals surface area contributed by atoms with Crippen LogP contribution in [-0.2, 0) is 42.1 Å². The molecule has 11 heteroatoms. The molecular weight excluding hydrogens is 642 g/mol. The van der Waals surface area contributed by atoms with Gasteiger partial charge in [-0.25, -0.2) is 8.42 Å². The first-order chi connectivity index (χ1) is 23.8. The Balaban J connectivity index is 1.21. The highest BCUT2D eigenvalue weighted by Crippen LogP contribution is 2.38. The van der Waals surface area contributed by atoms with E-state index >= 15 is 0 Å². The second-order valence-corrected chi connectivity index (χ2v) is 14.3. The molecule has 4 aromatic rings. The summed E-state index contributed by atoms with van der Waals surface area (Å²) in [6, 6.07) is 29.8. The number of benzene rings is 4. The van der Waals surface area contributed by atoms with Crippen LogP contribution in [0.3, 0.4) is 0 Å². The van der Waals surface area contributed by atoms with Crippen LogP contribution in [0.5, 0.6) is 0 Å². The van der Waals surface area contributed by atoms with Crippen molar-refractivity contribution in [1.82, 2.24) is 9.62 Å². The molecule has 10 nitrogen and oxygen atoms in total. The van der Waals surface area contributed by atoms with E-state index in [9.17, 15) is 18.3 Å². The number of aliphatic hydroxyl groups excluding tert-OH is 1. The Bertz CT molecular complexity index is 1780. The Morgan fingerprint density at radius 2 is 1.61 bits per heavy atom. The van der Waals surface area contributed by atoms with Crippen LogP contribution in [0.2, 0.25) is 0 Å². The summed E-state index contributed by atoms with van der Waals surface area (Å²) in [7, 11) is -3.99. The number of hydrogen-bond donors (Lipinski definition) is 3. The Morgan fingerprint density at radius 1 is 0.878 bits per heavy atom. The number of carbonyl (C=O) groups excluding carboxylic acids is 1. The summed E-state index contributed by atoms with van der Waals surface area (Å²) < 4.78 is 48.0. The minimum Gasteiger partial charge on any atom is -0.392 e. The quantitative estimate of drug-likeness (QED) is 0.193. The molecule has 0 aromatic heterocycles. The molecule has 0 saturated carbocycles. The number of aryl methyl sites for hydroxylation is 1. The maximum absolute atomic E-state index is 13.8. The van der Waals surface area contributed by atoms with Gasteiger partial charge in [0.1, 0.15) is 6.04 Å². The van der Waals surface area contributed by atoms with Crippen LogP contribution in [-0.4, -0.2) is 69.3 Å². The van der Waals surface area contributed by atoms with Gasteiger partial charge in [-0.05, 0) is 54.3 Å². The number of carbonyl (C=O) groups is 1. The molecule has 0 radical (unpaired) electrons. The van der Waals surface area contributed by atoms with Gasteiger partial charge < -0.3 is 24.6 Å². The lowest BCUT2D eigenvalue weighted by molar-refractivity contribution is -0.253. The van der Waals surface area contributed by atoms with E-state index in [1.165, 1.54) is 12.1 Å². The fourth-order valence-electron chi connectivity index (χ4n) is 6.11. The lowest BCUT2D eigenvalue weighted by Crippen LogP contribution is -2.45. The van der Waals surface area contributed by atoms with Crippen molar-refractivity contribution in [3.05, 3.63) is 131 Å². The van der Waals surface area contributed by atoms with E-state index in [1.54, 1.807) is 24.3 Å². The summed E-state index contributed by atoms with van der Waals surface area (Å²) in [6.07, 6.45) is -0.261. The van der Waals surface area contributed by atoms with Gasteiger partial charge in [-0.3, -0.25) is 9.69 Å². The standard InChI is InChI=1S/C38H43N3O7S/c1-27-10-16-34(17-11-27)49(44,45)40-35(22-28-6-3-2-4-7-28)37(43)39-32-9-5-8-31(23-32)38-47-33(25-41-18-20-46-21-19-41)24-36(48-38)30-14-12-29(26-42)13-15-30/h2-17,23,33,35-36,38,40,42H,18-22,24-26H2,1H3,(H,39,43). The summed E-state index contributed by atoms with van der Waals surface area (Å²) in [5, 5.41) is 12.5. The number of nitrogens with one attached hydrogen (secondary N) is 2. The number of rotatable bonds is 12. The zero-order chi connectivity index (χ0) is 34.2. The van der Waals surface area contributed by atoms with Crippen molar-refractivity contribution in [2.24, 2.45) is 0 Å². The zero-order valence-electron chi connectivity index (χ0n) is 27.5. The zero-order valence-corrected chi connectivity index (χ0v) is 28.3. The maximum Gasteiger partial charge on any atom is 0.242 e. The smallest absolute Gasteiger partial charge is 0.242 e. The van der Waals surface area contributed by atoms with E-state index in [0.29, 0.717) is 25.3 Å². The van der Waals surface area contributed by atoms with E-state index in [2.05, 4.69) is 14.9 Å². The predicted octanol–water partition coefficient (Wildman–Crippen LogP) is 4.89. The minimum atomic E-state index is -3.99. The van der Waals surface area contributed by atoms with Gasteiger partial charge in [0, 0.05) is 37.3 Å². The van der Waals surface area contributed by atoms with Gasteiger partial charge in [0.05, 0.1) is 36.9 Å². The number of anilines is 1. The lowest BCUT2D eigenvalue weighted by Gasteiger charge is -2.39. The van der Waals surface area contributed by atoms with E-state index in [1.807, 2.05) is 73.7 Å². The molecule has 6 rings (SSSR count). The molecule has 4 atom stereocenters. The highest BCUT2D eigenvalue weighted by atomic mass is 32.2. The summed E-state index contributed by atoms with van der Waals surface area (Å²) in [5.74, 6) is -0.491. The van der Waals surface area contributed by atoms with Crippen molar-refractivity contribution in [3.63, 3.8) is 0 Å². The average Bonchev–Trinajstić information content (AvgIpc) is 3.12. The Labute approximate surface area is 288 Å². The predicted molar refractivity (Wildman–Crippen MR) is 186 cm³/mol. The maximum atomic E-state index is 13.8. The second-order valence-electron chi connectivity index (χ2n) is 12.6. The van der Waals surface area contributed by atoms with Crippen LogP contribution in [0.4, 0.5) is 5.69 Å². The molecule has 4 unspecified atom stereocenters. The van der Waals surface area contributed by atoms with Gasteiger partial charge in [-0.15, -0.1) is 0 Å². The highest BCUT2D eigenvalue weighted by molar-refractivity contribution is 7.89. The van der Waals surface area contributed by atoms with Gasteiger partial charge in [-0.2, -0.15) is 4.72 Å². The van der Waals surface area contributed by atoms with E-state index in [0.717, 1.165) is 47.5 Å². The SMILES string of the molecule is Cc1ccc(S(=O)(=O)NC(Cc2ccccc2)C(=O)Nc2cccc(C3OC(CN4CCOCC4)CC(c4ccc(CO)cc4)O3)c2)cc1. The summed E-state index contributed by atoms with van der Waals surface area (Å²) in [5.41, 5.74) is 4.78. The van der Waals surface area contributed by atoms with Crippen molar-refractivity contribution < 1.29 is 32.5 Å². The van der Waals surface area contributed by atoms with Gasteiger partial charge >= 0.3 is 0 Å². The summed E-state index contributed by atoms with van der Waals surface area (Å²) in [4.78, 5) is 16.2. The second kappa shape index (κ2) is 16.2. The van der Waals surface area contributed by atoms with Crippen molar-refractivity contribution in [2.75, 3.05) is 38.2 Å². The third kappa shape index (κ3) is 9.40. The molecular formula is C38H43N3O7S. The fraction of sp³-hybridized carbons (Fsp3) is 0.342. The third-order valence-corrected chi connectivity index (χ3v) is 10.3. The third-order valence-electron chi connectivity index (χ3n) is 8.83. The first-order valence-corrected chi connectivity index (χ1v) is 18.1. The molecule has 0 spiro atoms. The van der Waals surface area contributed by atoms with Crippen molar-refractivity contribution in [2.45, 2.75) is 55.8 Å².